The van der Waals surface area contributed by atoms with Gasteiger partial charge in [0, 0.05) is 22.7 Å². The Balaban J connectivity index is 2.16. The van der Waals surface area contributed by atoms with E-state index >= 15 is 0 Å². The van der Waals surface area contributed by atoms with Crippen LogP contribution in [0.4, 0.5) is 4.39 Å². The van der Waals surface area contributed by atoms with Crippen LogP contribution in [0.25, 0.3) is 0 Å². The summed E-state index contributed by atoms with van der Waals surface area (Å²) < 4.78 is 36.7. The fourth-order valence-corrected chi connectivity index (χ4v) is 4.88. The van der Waals surface area contributed by atoms with Gasteiger partial charge in [0.1, 0.15) is 5.82 Å². The van der Waals surface area contributed by atoms with Gasteiger partial charge >= 0.3 is 0 Å². The SMILES string of the molecule is CC(NC1CCCS(=O)(=O)C1)c1c(Cl)ccc(F)c1Cl. The molecule has 1 N–H and O–H groups in total. The molecule has 1 saturated heterocycles. The number of rotatable bonds is 3. The topological polar surface area (TPSA) is 46.2 Å². The Bertz CT molecular complexity index is 607. The minimum Gasteiger partial charge on any atom is -0.306 e. The second-order valence-corrected chi connectivity index (χ2v) is 8.11. The molecule has 7 heteroatoms. The Labute approximate surface area is 128 Å². The third-order valence-electron chi connectivity index (χ3n) is 3.46. The van der Waals surface area contributed by atoms with Gasteiger partial charge in [-0.05, 0) is 31.9 Å². The third kappa shape index (κ3) is 3.64. The summed E-state index contributed by atoms with van der Waals surface area (Å²) in [5.74, 6) is -0.195. The monoisotopic (exact) mass is 339 g/mol. The van der Waals surface area contributed by atoms with Crippen LogP contribution in [0.5, 0.6) is 0 Å². The molecule has 3 nitrogen and oxygen atoms in total. The molecule has 0 bridgehead atoms. The summed E-state index contributed by atoms with van der Waals surface area (Å²) in [4.78, 5) is 0. The lowest BCUT2D eigenvalue weighted by Gasteiger charge is -2.27. The van der Waals surface area contributed by atoms with Gasteiger partial charge < -0.3 is 5.32 Å². The van der Waals surface area contributed by atoms with Crippen LogP contribution in [0.2, 0.25) is 10.0 Å². The van der Waals surface area contributed by atoms with E-state index in [9.17, 15) is 12.8 Å². The lowest BCUT2D eigenvalue weighted by Crippen LogP contribution is -2.41. The highest BCUT2D eigenvalue weighted by Gasteiger charge is 2.27. The van der Waals surface area contributed by atoms with E-state index in [1.54, 1.807) is 6.92 Å². The number of sulfone groups is 1. The Morgan fingerprint density at radius 1 is 1.40 bits per heavy atom. The van der Waals surface area contributed by atoms with Crippen LogP contribution in [0.15, 0.2) is 12.1 Å². The van der Waals surface area contributed by atoms with E-state index in [1.165, 1.54) is 12.1 Å². The fourth-order valence-electron chi connectivity index (χ4n) is 2.53. The number of benzene rings is 1. The van der Waals surface area contributed by atoms with Crippen LogP contribution < -0.4 is 5.32 Å². The molecule has 0 amide bonds. The average molecular weight is 340 g/mol. The number of hydrogen-bond acceptors (Lipinski definition) is 3. The van der Waals surface area contributed by atoms with Gasteiger partial charge in [-0.2, -0.15) is 0 Å². The minimum atomic E-state index is -2.99. The lowest BCUT2D eigenvalue weighted by atomic mass is 10.1. The van der Waals surface area contributed by atoms with Crippen LogP contribution in [0, 0.1) is 5.82 Å². The molecule has 1 aromatic carbocycles. The largest absolute Gasteiger partial charge is 0.306 e. The van der Waals surface area contributed by atoms with Crippen molar-refractivity contribution in [2.75, 3.05) is 11.5 Å². The van der Waals surface area contributed by atoms with E-state index in [1.807, 2.05) is 0 Å². The molecule has 1 aromatic rings. The van der Waals surface area contributed by atoms with E-state index in [0.717, 1.165) is 6.42 Å². The lowest BCUT2D eigenvalue weighted by molar-refractivity contribution is 0.436. The predicted molar refractivity (Wildman–Crippen MR) is 79.6 cm³/mol. The summed E-state index contributed by atoms with van der Waals surface area (Å²) in [5, 5.41) is 3.54. The normalized spacial score (nSPS) is 23.5. The summed E-state index contributed by atoms with van der Waals surface area (Å²) in [6, 6.07) is 2.20. The van der Waals surface area contributed by atoms with Gasteiger partial charge in [0.2, 0.25) is 0 Å². The van der Waals surface area contributed by atoms with Crippen molar-refractivity contribution in [3.05, 3.63) is 33.6 Å². The molecule has 2 atom stereocenters. The maximum absolute atomic E-state index is 13.5. The van der Waals surface area contributed by atoms with Gasteiger partial charge in [-0.1, -0.05) is 23.2 Å². The molecular weight excluding hydrogens is 324 g/mol. The Kier molecular flexibility index (Phi) is 4.95. The Morgan fingerprint density at radius 3 is 2.75 bits per heavy atom. The maximum atomic E-state index is 13.5. The van der Waals surface area contributed by atoms with Gasteiger partial charge in [0.05, 0.1) is 16.5 Å². The van der Waals surface area contributed by atoms with Crippen molar-refractivity contribution in [3.8, 4) is 0 Å². The van der Waals surface area contributed by atoms with E-state index in [-0.39, 0.29) is 28.6 Å². The molecule has 1 heterocycles. The zero-order valence-corrected chi connectivity index (χ0v) is 13.3. The maximum Gasteiger partial charge on any atom is 0.151 e. The first kappa shape index (κ1) is 16.0. The summed E-state index contributed by atoms with van der Waals surface area (Å²) >= 11 is 12.0. The molecule has 2 unspecified atom stereocenters. The van der Waals surface area contributed by atoms with Crippen molar-refractivity contribution >= 4 is 33.0 Å². The second kappa shape index (κ2) is 6.18. The fraction of sp³-hybridized carbons (Fsp3) is 0.538. The molecule has 0 spiro atoms. The second-order valence-electron chi connectivity index (χ2n) is 5.10. The first-order chi connectivity index (χ1) is 9.30. The average Bonchev–Trinajstić information content (AvgIpc) is 2.33. The van der Waals surface area contributed by atoms with Crippen LogP contribution in [0.3, 0.4) is 0 Å². The van der Waals surface area contributed by atoms with Gasteiger partial charge in [-0.25, -0.2) is 12.8 Å². The summed E-state index contributed by atoms with van der Waals surface area (Å²) in [5.41, 5.74) is 0.469. The zero-order valence-electron chi connectivity index (χ0n) is 11.0. The molecular formula is C13H16Cl2FNO2S. The van der Waals surface area contributed by atoms with Crippen LogP contribution >= 0.6 is 23.2 Å². The molecule has 1 aliphatic rings. The van der Waals surface area contributed by atoms with Gasteiger partial charge in [0.25, 0.3) is 0 Å². The molecule has 0 aromatic heterocycles. The molecule has 0 aliphatic carbocycles. The van der Waals surface area contributed by atoms with Gasteiger partial charge in [-0.3, -0.25) is 0 Å². The van der Waals surface area contributed by atoms with Crippen LogP contribution in [0.1, 0.15) is 31.4 Å². The number of halogens is 3. The molecule has 112 valence electrons. The van der Waals surface area contributed by atoms with Crippen molar-refractivity contribution in [2.45, 2.75) is 31.8 Å². The highest BCUT2D eigenvalue weighted by Crippen LogP contribution is 2.33. The van der Waals surface area contributed by atoms with E-state index < -0.39 is 15.7 Å². The van der Waals surface area contributed by atoms with Crippen molar-refractivity contribution < 1.29 is 12.8 Å². The molecule has 1 aliphatic heterocycles. The predicted octanol–water partition coefficient (Wildman–Crippen LogP) is 3.36. The minimum absolute atomic E-state index is 0.0174. The van der Waals surface area contributed by atoms with E-state index in [4.69, 9.17) is 23.2 Å². The van der Waals surface area contributed by atoms with Gasteiger partial charge in [-0.15, -0.1) is 0 Å². The standard InChI is InChI=1S/C13H16Cl2FNO2S/c1-8(12-10(14)4-5-11(16)13(12)15)17-9-3-2-6-20(18,19)7-9/h4-5,8-9,17H,2-3,6-7H2,1H3. The van der Waals surface area contributed by atoms with Crippen molar-refractivity contribution in [3.63, 3.8) is 0 Å². The Morgan fingerprint density at radius 2 is 2.10 bits per heavy atom. The Hall–Kier alpha value is -0.360. The molecule has 1 fully saturated rings. The molecule has 0 radical (unpaired) electrons. The molecule has 20 heavy (non-hydrogen) atoms. The van der Waals surface area contributed by atoms with E-state index in [2.05, 4.69) is 5.32 Å². The van der Waals surface area contributed by atoms with Crippen LogP contribution in [-0.2, 0) is 9.84 Å². The first-order valence-electron chi connectivity index (χ1n) is 6.40. The van der Waals surface area contributed by atoms with Gasteiger partial charge in [0.15, 0.2) is 9.84 Å². The highest BCUT2D eigenvalue weighted by molar-refractivity contribution is 7.91. The number of nitrogens with one attached hydrogen (secondary N) is 1. The van der Waals surface area contributed by atoms with E-state index in [0.29, 0.717) is 17.0 Å². The first-order valence-corrected chi connectivity index (χ1v) is 8.98. The smallest absolute Gasteiger partial charge is 0.151 e. The summed E-state index contributed by atoms with van der Waals surface area (Å²) in [6.07, 6.45) is 1.41. The van der Waals surface area contributed by atoms with Crippen molar-refractivity contribution in [2.24, 2.45) is 0 Å². The quantitative estimate of drug-likeness (QED) is 0.859. The summed E-state index contributed by atoms with van der Waals surface area (Å²) in [6.45, 7) is 1.80. The molecule has 0 saturated carbocycles. The zero-order chi connectivity index (χ0) is 14.9. The molecule has 2 rings (SSSR count). The van der Waals surface area contributed by atoms with Crippen LogP contribution in [-0.4, -0.2) is 26.0 Å². The highest BCUT2D eigenvalue weighted by atomic mass is 35.5. The third-order valence-corrected chi connectivity index (χ3v) is 6.00. The summed E-state index contributed by atoms with van der Waals surface area (Å²) in [7, 11) is -2.99. The van der Waals surface area contributed by atoms with Crippen molar-refractivity contribution in [1.29, 1.82) is 0 Å². The van der Waals surface area contributed by atoms with Crippen molar-refractivity contribution in [1.82, 2.24) is 5.32 Å². The number of hydrogen-bond donors (Lipinski definition) is 1.